The Bertz CT molecular complexity index is 1190. The molecule has 7 nitrogen and oxygen atoms in total. The fourth-order valence-corrected chi connectivity index (χ4v) is 4.28. The number of ether oxygens (including phenoxy) is 2. The predicted molar refractivity (Wildman–Crippen MR) is 124 cm³/mol. The van der Waals surface area contributed by atoms with E-state index in [1.54, 1.807) is 49.6 Å². The predicted octanol–water partition coefficient (Wildman–Crippen LogP) is 4.15. The van der Waals surface area contributed by atoms with Gasteiger partial charge in [0.2, 0.25) is 17.2 Å². The number of methoxy groups -OCH3 is 2. The van der Waals surface area contributed by atoms with Gasteiger partial charge >= 0.3 is 0 Å². The third kappa shape index (κ3) is 4.48. The topological polar surface area (TPSA) is 81.0 Å². The van der Waals surface area contributed by atoms with Crippen molar-refractivity contribution >= 4 is 22.8 Å². The Morgan fingerprint density at radius 3 is 2.69 bits per heavy atom. The lowest BCUT2D eigenvalue weighted by molar-refractivity contribution is -0.117. The van der Waals surface area contributed by atoms with Gasteiger partial charge in [0.1, 0.15) is 5.58 Å². The first-order valence-corrected chi connectivity index (χ1v) is 10.8. The highest BCUT2D eigenvalue weighted by Gasteiger charge is 2.22. The van der Waals surface area contributed by atoms with Crippen LogP contribution < -0.4 is 20.2 Å². The molecule has 0 radical (unpaired) electrons. The van der Waals surface area contributed by atoms with Gasteiger partial charge in [0.25, 0.3) is 0 Å². The fraction of sp³-hybridized carbons (Fsp3) is 0.360. The zero-order chi connectivity index (χ0) is 22.7. The molecule has 1 aromatic heterocycles. The number of piperidine rings is 1. The van der Waals surface area contributed by atoms with Crippen molar-refractivity contribution in [2.45, 2.75) is 19.8 Å². The van der Waals surface area contributed by atoms with Gasteiger partial charge in [-0.1, -0.05) is 25.1 Å². The second-order valence-corrected chi connectivity index (χ2v) is 8.23. The zero-order valence-corrected chi connectivity index (χ0v) is 18.6. The Morgan fingerprint density at radius 1 is 1.16 bits per heavy atom. The lowest BCUT2D eigenvalue weighted by Crippen LogP contribution is -2.39. The summed E-state index contributed by atoms with van der Waals surface area (Å²) >= 11 is 0. The van der Waals surface area contributed by atoms with Gasteiger partial charge in [-0.25, -0.2) is 0 Å². The molecule has 1 aliphatic rings. The van der Waals surface area contributed by atoms with Crippen LogP contribution in [-0.4, -0.2) is 44.7 Å². The molecule has 4 rings (SSSR count). The van der Waals surface area contributed by atoms with E-state index >= 15 is 0 Å². The average molecular weight is 437 g/mol. The molecule has 3 aromatic rings. The average Bonchev–Trinajstić information content (AvgIpc) is 2.79. The number of carbonyl (C=O) groups is 1. The lowest BCUT2D eigenvalue weighted by Gasteiger charge is -2.30. The molecule has 7 heteroatoms. The molecule has 0 bridgehead atoms. The number of nitrogens with zero attached hydrogens (tertiary/aromatic N) is 1. The zero-order valence-electron chi connectivity index (χ0n) is 18.6. The summed E-state index contributed by atoms with van der Waals surface area (Å²) in [4.78, 5) is 28.4. The van der Waals surface area contributed by atoms with Gasteiger partial charge in [0.15, 0.2) is 11.5 Å². The highest BCUT2D eigenvalue weighted by Crippen LogP contribution is 2.35. The number of carbonyl (C=O) groups excluding carboxylic acids is 1. The van der Waals surface area contributed by atoms with Crippen LogP contribution in [0.5, 0.6) is 11.5 Å². The number of nitrogens with one attached hydrogen (secondary N) is 1. The monoisotopic (exact) mass is 436 g/mol. The van der Waals surface area contributed by atoms with E-state index in [9.17, 15) is 9.59 Å². The molecule has 0 saturated carbocycles. The summed E-state index contributed by atoms with van der Waals surface area (Å²) in [5, 5.41) is 3.30. The van der Waals surface area contributed by atoms with Crippen molar-refractivity contribution in [2.75, 3.05) is 39.2 Å². The maximum absolute atomic E-state index is 13.4. The summed E-state index contributed by atoms with van der Waals surface area (Å²) in [7, 11) is 3.09. The molecule has 0 unspecified atom stereocenters. The molecule has 1 amide bonds. The molecular weight excluding hydrogens is 408 g/mol. The van der Waals surface area contributed by atoms with Gasteiger partial charge in [-0.3, -0.25) is 19.8 Å². The molecular formula is C25H28N2O5. The first-order chi connectivity index (χ1) is 15.5. The van der Waals surface area contributed by atoms with E-state index in [4.69, 9.17) is 13.9 Å². The van der Waals surface area contributed by atoms with Gasteiger partial charge in [0, 0.05) is 6.54 Å². The van der Waals surface area contributed by atoms with E-state index in [-0.39, 0.29) is 29.3 Å². The van der Waals surface area contributed by atoms with E-state index < -0.39 is 0 Å². The number of hydrogen-bond acceptors (Lipinski definition) is 6. The molecule has 1 atom stereocenters. The van der Waals surface area contributed by atoms with Crippen LogP contribution in [0.1, 0.15) is 19.8 Å². The number of para-hydroxylation sites is 1. The molecule has 2 heterocycles. The summed E-state index contributed by atoms with van der Waals surface area (Å²) in [6, 6.07) is 12.2. The largest absolute Gasteiger partial charge is 0.493 e. The summed E-state index contributed by atoms with van der Waals surface area (Å²) in [5.74, 6) is 1.52. The lowest BCUT2D eigenvalue weighted by atomic mass is 10.0. The van der Waals surface area contributed by atoms with Crippen molar-refractivity contribution in [3.8, 4) is 22.6 Å². The fourth-order valence-electron chi connectivity index (χ4n) is 4.28. The number of hydrogen-bond donors (Lipinski definition) is 1. The van der Waals surface area contributed by atoms with Gasteiger partial charge < -0.3 is 13.9 Å². The minimum Gasteiger partial charge on any atom is -0.493 e. The van der Waals surface area contributed by atoms with Crippen LogP contribution in [0.3, 0.4) is 0 Å². The number of anilines is 1. The third-order valence-corrected chi connectivity index (χ3v) is 5.83. The highest BCUT2D eigenvalue weighted by molar-refractivity contribution is 5.97. The molecule has 1 saturated heterocycles. The van der Waals surface area contributed by atoms with E-state index in [1.807, 2.05) is 0 Å². The van der Waals surface area contributed by atoms with Crippen LogP contribution in [0.2, 0.25) is 0 Å². The van der Waals surface area contributed by atoms with Crippen LogP contribution in [0.15, 0.2) is 51.7 Å². The van der Waals surface area contributed by atoms with E-state index in [1.165, 1.54) is 13.5 Å². The molecule has 1 aliphatic heterocycles. The number of amides is 1. The molecule has 1 fully saturated rings. The van der Waals surface area contributed by atoms with Crippen molar-refractivity contribution in [3.63, 3.8) is 0 Å². The normalized spacial score (nSPS) is 16.7. The smallest absolute Gasteiger partial charge is 0.240 e. The molecule has 168 valence electrons. The van der Waals surface area contributed by atoms with Crippen molar-refractivity contribution < 1.29 is 18.7 Å². The van der Waals surface area contributed by atoms with Crippen LogP contribution >= 0.6 is 0 Å². The van der Waals surface area contributed by atoms with Gasteiger partial charge in [-0.15, -0.1) is 0 Å². The Hall–Kier alpha value is -3.32. The Kier molecular flexibility index (Phi) is 6.46. The van der Waals surface area contributed by atoms with Gasteiger partial charge in [0.05, 0.1) is 31.7 Å². The van der Waals surface area contributed by atoms with Crippen molar-refractivity contribution in [1.82, 2.24) is 4.90 Å². The van der Waals surface area contributed by atoms with Gasteiger partial charge in [-0.2, -0.15) is 0 Å². The number of fused-ring (bicyclic) bond motifs is 1. The van der Waals surface area contributed by atoms with Crippen molar-refractivity contribution in [1.29, 1.82) is 0 Å². The van der Waals surface area contributed by atoms with E-state index in [2.05, 4.69) is 17.1 Å². The van der Waals surface area contributed by atoms with Crippen LogP contribution in [0.4, 0.5) is 5.88 Å². The standard InChI is InChI=1S/C25H28N2O5/c1-16-7-6-12-27(14-16)15-22(28)26-25-23(17-10-11-20(30-2)21(13-17)31-3)24(29)18-8-4-5-9-19(18)32-25/h4-5,8-11,13,16H,6-7,12,14-15H2,1-3H3,(H,26,28)/t16-/m0/s1. The summed E-state index contributed by atoms with van der Waals surface area (Å²) in [6.45, 7) is 4.23. The molecule has 0 aliphatic carbocycles. The van der Waals surface area contributed by atoms with Crippen LogP contribution in [-0.2, 0) is 4.79 Å². The quantitative estimate of drug-likeness (QED) is 0.625. The Labute approximate surface area is 186 Å². The highest BCUT2D eigenvalue weighted by atomic mass is 16.5. The molecule has 2 aromatic carbocycles. The first kappa shape index (κ1) is 21.9. The van der Waals surface area contributed by atoms with Crippen molar-refractivity contribution in [2.24, 2.45) is 5.92 Å². The number of likely N-dealkylation sites (tertiary alicyclic amines) is 1. The molecule has 0 spiro atoms. The summed E-state index contributed by atoms with van der Waals surface area (Å²) in [6.07, 6.45) is 2.26. The number of benzene rings is 2. The summed E-state index contributed by atoms with van der Waals surface area (Å²) in [5.41, 5.74) is 1.05. The first-order valence-electron chi connectivity index (χ1n) is 10.8. The second kappa shape index (κ2) is 9.44. The van der Waals surface area contributed by atoms with Crippen molar-refractivity contribution in [3.05, 3.63) is 52.7 Å². The SMILES string of the molecule is COc1ccc(-c2c(NC(=O)CN3CCC[C@H](C)C3)oc3ccccc3c2=O)cc1OC. The van der Waals surface area contributed by atoms with Crippen LogP contribution in [0.25, 0.3) is 22.1 Å². The number of rotatable bonds is 6. The molecule has 1 N–H and O–H groups in total. The van der Waals surface area contributed by atoms with E-state index in [0.29, 0.717) is 33.9 Å². The summed E-state index contributed by atoms with van der Waals surface area (Å²) < 4.78 is 16.7. The molecule has 32 heavy (non-hydrogen) atoms. The Balaban J connectivity index is 1.74. The maximum atomic E-state index is 13.4. The maximum Gasteiger partial charge on any atom is 0.240 e. The Morgan fingerprint density at radius 2 is 1.94 bits per heavy atom. The second-order valence-electron chi connectivity index (χ2n) is 8.23. The van der Waals surface area contributed by atoms with E-state index in [0.717, 1.165) is 19.5 Å². The van der Waals surface area contributed by atoms with Gasteiger partial charge in [-0.05, 0) is 55.1 Å². The van der Waals surface area contributed by atoms with Crippen LogP contribution in [0, 0.1) is 5.92 Å². The third-order valence-electron chi connectivity index (χ3n) is 5.83. The minimum atomic E-state index is -0.221. The minimum absolute atomic E-state index is 0.135.